The van der Waals surface area contributed by atoms with Gasteiger partial charge in [-0.1, -0.05) is 0 Å². The van der Waals surface area contributed by atoms with Crippen LogP contribution in [-0.4, -0.2) is 30.8 Å². The molecule has 17 heavy (non-hydrogen) atoms. The maximum absolute atomic E-state index is 11.6. The van der Waals surface area contributed by atoms with E-state index >= 15 is 0 Å². The molecule has 1 spiro atoms. The lowest BCUT2D eigenvalue weighted by Crippen LogP contribution is -2.56. The third-order valence-electron chi connectivity index (χ3n) is 3.64. The predicted molar refractivity (Wildman–Crippen MR) is 69.6 cm³/mol. The fourth-order valence-electron chi connectivity index (χ4n) is 2.65. The Balaban J connectivity index is 0.00000144. The molecule has 0 aromatic heterocycles. The van der Waals surface area contributed by atoms with E-state index in [1.54, 1.807) is 0 Å². The van der Waals surface area contributed by atoms with Gasteiger partial charge in [-0.05, 0) is 46.6 Å². The summed E-state index contributed by atoms with van der Waals surface area (Å²) >= 11 is 0. The molecule has 2 atom stereocenters. The molecule has 2 fully saturated rings. The van der Waals surface area contributed by atoms with E-state index in [1.807, 2.05) is 20.8 Å². The maximum Gasteiger partial charge on any atom is 0.407 e. The molecule has 2 unspecified atom stereocenters. The van der Waals surface area contributed by atoms with Crippen molar-refractivity contribution in [2.24, 2.45) is 5.41 Å². The van der Waals surface area contributed by atoms with E-state index in [4.69, 9.17) is 4.74 Å². The minimum Gasteiger partial charge on any atom is -0.444 e. The second kappa shape index (κ2) is 5.02. The first-order valence-corrected chi connectivity index (χ1v) is 6.12. The van der Waals surface area contributed by atoms with Crippen molar-refractivity contribution in [1.82, 2.24) is 10.6 Å². The van der Waals surface area contributed by atoms with Crippen LogP contribution >= 0.6 is 12.4 Å². The number of hydrogen-bond donors (Lipinski definition) is 2. The number of nitrogens with one attached hydrogen (secondary N) is 2. The monoisotopic (exact) mass is 262 g/mol. The molecule has 4 nitrogen and oxygen atoms in total. The number of hydrogen-bond acceptors (Lipinski definition) is 3. The van der Waals surface area contributed by atoms with Crippen molar-refractivity contribution in [3.8, 4) is 0 Å². The lowest BCUT2D eigenvalue weighted by molar-refractivity contribution is 0.0293. The summed E-state index contributed by atoms with van der Waals surface area (Å²) in [6.07, 6.45) is 3.21. The lowest BCUT2D eigenvalue weighted by atomic mass is 9.64. The molecule has 2 N–H and O–H groups in total. The van der Waals surface area contributed by atoms with Crippen molar-refractivity contribution < 1.29 is 9.53 Å². The van der Waals surface area contributed by atoms with Gasteiger partial charge in [0.1, 0.15) is 5.60 Å². The molecule has 1 aliphatic carbocycles. The highest BCUT2D eigenvalue weighted by Gasteiger charge is 2.49. The first-order chi connectivity index (χ1) is 7.41. The Bertz CT molecular complexity index is 283. The van der Waals surface area contributed by atoms with Crippen molar-refractivity contribution >= 4 is 18.5 Å². The Morgan fingerprint density at radius 1 is 1.41 bits per heavy atom. The highest BCUT2D eigenvalue weighted by Crippen LogP contribution is 2.45. The van der Waals surface area contributed by atoms with Gasteiger partial charge in [0.25, 0.3) is 0 Å². The number of halogens is 1. The van der Waals surface area contributed by atoms with E-state index in [9.17, 15) is 4.79 Å². The van der Waals surface area contributed by atoms with E-state index in [-0.39, 0.29) is 18.5 Å². The van der Waals surface area contributed by atoms with Gasteiger partial charge >= 0.3 is 6.09 Å². The Morgan fingerprint density at radius 3 is 2.53 bits per heavy atom. The number of amides is 1. The van der Waals surface area contributed by atoms with Crippen LogP contribution in [-0.2, 0) is 4.74 Å². The van der Waals surface area contributed by atoms with Crippen LogP contribution in [0.15, 0.2) is 0 Å². The van der Waals surface area contributed by atoms with Gasteiger partial charge in [0.2, 0.25) is 0 Å². The van der Waals surface area contributed by atoms with Gasteiger partial charge in [-0.25, -0.2) is 4.79 Å². The maximum atomic E-state index is 11.6. The van der Waals surface area contributed by atoms with Gasteiger partial charge in [0.15, 0.2) is 0 Å². The first-order valence-electron chi connectivity index (χ1n) is 6.12. The van der Waals surface area contributed by atoms with Crippen LogP contribution in [0.25, 0.3) is 0 Å². The van der Waals surface area contributed by atoms with E-state index in [0.29, 0.717) is 11.5 Å². The summed E-state index contributed by atoms with van der Waals surface area (Å²) < 4.78 is 5.28. The molecule has 0 aromatic rings. The molecule has 2 rings (SSSR count). The van der Waals surface area contributed by atoms with Crippen molar-refractivity contribution in [2.45, 2.75) is 51.7 Å². The highest BCUT2D eigenvalue weighted by atomic mass is 35.5. The van der Waals surface area contributed by atoms with Crippen LogP contribution in [0, 0.1) is 5.41 Å². The van der Waals surface area contributed by atoms with Crippen LogP contribution in [0.4, 0.5) is 4.79 Å². The SMILES string of the molecule is CC(C)(C)OC(=O)NC1CCC12CCNC2.Cl. The molecule has 100 valence electrons. The molecule has 1 aliphatic heterocycles. The molecule has 5 heteroatoms. The molecule has 0 bridgehead atoms. The largest absolute Gasteiger partial charge is 0.444 e. The topological polar surface area (TPSA) is 50.4 Å². The summed E-state index contributed by atoms with van der Waals surface area (Å²) in [5, 5.41) is 6.38. The van der Waals surface area contributed by atoms with Crippen LogP contribution in [0.3, 0.4) is 0 Å². The predicted octanol–water partition coefficient (Wildman–Crippen LogP) is 2.08. The van der Waals surface area contributed by atoms with E-state index in [2.05, 4.69) is 10.6 Å². The molecule has 1 amide bonds. The summed E-state index contributed by atoms with van der Waals surface area (Å²) in [6.45, 7) is 7.78. The number of ether oxygens (including phenoxy) is 1. The third kappa shape index (κ3) is 3.26. The Kier molecular flexibility index (Phi) is 4.31. The summed E-state index contributed by atoms with van der Waals surface area (Å²) in [7, 11) is 0. The number of alkyl carbamates (subject to hydrolysis) is 1. The average molecular weight is 263 g/mol. The van der Waals surface area contributed by atoms with E-state index in [1.165, 1.54) is 12.8 Å². The van der Waals surface area contributed by atoms with E-state index in [0.717, 1.165) is 19.5 Å². The van der Waals surface area contributed by atoms with Gasteiger partial charge in [0.05, 0.1) is 0 Å². The minimum absolute atomic E-state index is 0. The van der Waals surface area contributed by atoms with Crippen LogP contribution in [0.1, 0.15) is 40.0 Å². The van der Waals surface area contributed by atoms with Gasteiger partial charge in [-0.15, -0.1) is 12.4 Å². The Hall–Kier alpha value is -0.480. The zero-order valence-electron chi connectivity index (χ0n) is 10.8. The van der Waals surface area contributed by atoms with Gasteiger partial charge in [0, 0.05) is 18.0 Å². The zero-order valence-corrected chi connectivity index (χ0v) is 11.7. The molecule has 1 saturated carbocycles. The quantitative estimate of drug-likeness (QED) is 0.761. The van der Waals surface area contributed by atoms with Crippen LogP contribution in [0.5, 0.6) is 0 Å². The van der Waals surface area contributed by atoms with Crippen LogP contribution < -0.4 is 10.6 Å². The fourth-order valence-corrected chi connectivity index (χ4v) is 2.65. The summed E-state index contributed by atoms with van der Waals surface area (Å²) in [6, 6.07) is 0.303. The second-order valence-corrected chi connectivity index (χ2v) is 6.03. The molecule has 1 heterocycles. The van der Waals surface area contributed by atoms with Gasteiger partial charge < -0.3 is 15.4 Å². The highest BCUT2D eigenvalue weighted by molar-refractivity contribution is 5.85. The van der Waals surface area contributed by atoms with Crippen LogP contribution in [0.2, 0.25) is 0 Å². The first kappa shape index (κ1) is 14.6. The molecule has 0 radical (unpaired) electrons. The van der Waals surface area contributed by atoms with Crippen molar-refractivity contribution in [3.63, 3.8) is 0 Å². The smallest absolute Gasteiger partial charge is 0.407 e. The summed E-state index contributed by atoms with van der Waals surface area (Å²) in [5.74, 6) is 0. The number of carbonyl (C=O) groups is 1. The average Bonchev–Trinajstić information content (AvgIpc) is 2.60. The van der Waals surface area contributed by atoms with Crippen molar-refractivity contribution in [1.29, 1.82) is 0 Å². The molecular weight excluding hydrogens is 240 g/mol. The summed E-state index contributed by atoms with van der Waals surface area (Å²) in [5.41, 5.74) is -0.0914. The van der Waals surface area contributed by atoms with Crippen molar-refractivity contribution in [3.05, 3.63) is 0 Å². The standard InChI is InChI=1S/C12H22N2O2.ClH/c1-11(2,3)16-10(15)14-9-4-5-12(9)6-7-13-8-12;/h9,13H,4-8H2,1-3H3,(H,14,15);1H. The second-order valence-electron chi connectivity index (χ2n) is 6.03. The molecular formula is C12H23ClN2O2. The Morgan fingerprint density at radius 2 is 2.12 bits per heavy atom. The van der Waals surface area contributed by atoms with E-state index < -0.39 is 5.60 Å². The van der Waals surface area contributed by atoms with Crippen molar-refractivity contribution in [2.75, 3.05) is 13.1 Å². The summed E-state index contributed by atoms with van der Waals surface area (Å²) in [4.78, 5) is 11.6. The van der Waals surface area contributed by atoms with Gasteiger partial charge in [-0.2, -0.15) is 0 Å². The number of carbonyl (C=O) groups excluding carboxylic acids is 1. The Labute approximate surface area is 109 Å². The normalized spacial score (nSPS) is 31.6. The van der Waals surface area contributed by atoms with Gasteiger partial charge in [-0.3, -0.25) is 0 Å². The number of rotatable bonds is 1. The molecule has 2 aliphatic rings. The minimum atomic E-state index is -0.408. The lowest BCUT2D eigenvalue weighted by Gasteiger charge is -2.46. The third-order valence-corrected chi connectivity index (χ3v) is 3.64. The zero-order chi connectivity index (χ0) is 11.8. The molecule has 1 saturated heterocycles. The fraction of sp³-hybridized carbons (Fsp3) is 0.917. The molecule has 0 aromatic carbocycles.